The molecule has 1 saturated heterocycles. The van der Waals surface area contributed by atoms with Gasteiger partial charge in [0.25, 0.3) is 0 Å². The van der Waals surface area contributed by atoms with Gasteiger partial charge in [-0.1, -0.05) is 38.0 Å². The first-order chi connectivity index (χ1) is 13.1. The smallest absolute Gasteiger partial charge is 0.201 e. The van der Waals surface area contributed by atoms with Gasteiger partial charge in [0.15, 0.2) is 0 Å². The van der Waals surface area contributed by atoms with E-state index in [2.05, 4.69) is 18.8 Å². The standard InChI is InChI=1S/C22H34O5/c1-3-25-21-12-11-19(24)17(9-10-18(23)16-7-5-4-6-8-16)20(21)15(2)22(21)26-13-14-27-22/h15-20,23-24H,3-8,11-14H2,1-2H3/t15?,17-,18-,19+,20+,21+/m1/s1. The molecule has 4 fully saturated rings. The Labute approximate surface area is 162 Å². The summed E-state index contributed by atoms with van der Waals surface area (Å²) in [6, 6.07) is 0. The van der Waals surface area contributed by atoms with E-state index in [1.54, 1.807) is 0 Å². The summed E-state index contributed by atoms with van der Waals surface area (Å²) >= 11 is 0. The van der Waals surface area contributed by atoms with Crippen LogP contribution in [0.15, 0.2) is 0 Å². The van der Waals surface area contributed by atoms with Crippen LogP contribution in [0.2, 0.25) is 0 Å². The van der Waals surface area contributed by atoms with Gasteiger partial charge in [-0.2, -0.15) is 0 Å². The molecule has 3 saturated carbocycles. The van der Waals surface area contributed by atoms with Gasteiger partial charge in [-0.15, -0.1) is 0 Å². The molecule has 0 aromatic rings. The number of aliphatic hydroxyl groups is 2. The van der Waals surface area contributed by atoms with Crippen LogP contribution in [0, 0.1) is 35.5 Å². The third-order valence-corrected chi connectivity index (χ3v) is 7.49. The Kier molecular flexibility index (Phi) is 5.57. The van der Waals surface area contributed by atoms with Crippen LogP contribution in [0.25, 0.3) is 0 Å². The van der Waals surface area contributed by atoms with E-state index in [0.717, 1.165) is 19.3 Å². The van der Waals surface area contributed by atoms with Crippen LogP contribution in [0.4, 0.5) is 0 Å². The minimum absolute atomic E-state index is 0.0605. The molecule has 2 N–H and O–H groups in total. The second kappa shape index (κ2) is 7.65. The monoisotopic (exact) mass is 378 g/mol. The lowest BCUT2D eigenvalue weighted by molar-refractivity contribution is -0.417. The van der Waals surface area contributed by atoms with Crippen molar-refractivity contribution in [2.24, 2.45) is 23.7 Å². The predicted octanol–water partition coefficient (Wildman–Crippen LogP) is 2.49. The average molecular weight is 379 g/mol. The first-order valence-electron chi connectivity index (χ1n) is 10.8. The van der Waals surface area contributed by atoms with E-state index >= 15 is 0 Å². The molecule has 5 nitrogen and oxygen atoms in total. The van der Waals surface area contributed by atoms with Crippen molar-refractivity contribution in [3.63, 3.8) is 0 Å². The lowest BCUT2D eigenvalue weighted by Crippen LogP contribution is -2.80. The van der Waals surface area contributed by atoms with Crippen LogP contribution in [-0.4, -0.2) is 53.6 Å². The zero-order valence-electron chi connectivity index (χ0n) is 16.7. The molecule has 4 aliphatic rings. The lowest BCUT2D eigenvalue weighted by atomic mass is 9.47. The van der Waals surface area contributed by atoms with Crippen molar-refractivity contribution in [2.75, 3.05) is 19.8 Å². The molecule has 1 spiro atoms. The summed E-state index contributed by atoms with van der Waals surface area (Å²) in [6.07, 6.45) is 5.99. The molecule has 4 rings (SSSR count). The van der Waals surface area contributed by atoms with Gasteiger partial charge < -0.3 is 24.4 Å². The molecule has 1 unspecified atom stereocenters. The van der Waals surface area contributed by atoms with Crippen LogP contribution >= 0.6 is 0 Å². The zero-order chi connectivity index (χ0) is 19.1. The van der Waals surface area contributed by atoms with Crippen LogP contribution in [0.5, 0.6) is 0 Å². The lowest BCUT2D eigenvalue weighted by Gasteiger charge is -2.68. The molecule has 0 radical (unpaired) electrons. The van der Waals surface area contributed by atoms with E-state index in [0.29, 0.717) is 26.2 Å². The summed E-state index contributed by atoms with van der Waals surface area (Å²) in [5.74, 6) is 5.91. The maximum absolute atomic E-state index is 10.7. The molecular formula is C22H34O5. The Hall–Kier alpha value is -0.640. The maximum Gasteiger partial charge on any atom is 0.201 e. The van der Waals surface area contributed by atoms with Gasteiger partial charge in [-0.25, -0.2) is 0 Å². The third-order valence-electron chi connectivity index (χ3n) is 7.49. The predicted molar refractivity (Wildman–Crippen MR) is 101 cm³/mol. The van der Waals surface area contributed by atoms with Crippen molar-refractivity contribution < 1.29 is 24.4 Å². The van der Waals surface area contributed by atoms with E-state index in [9.17, 15) is 10.2 Å². The third kappa shape index (κ3) is 2.96. The SMILES string of the molecule is CCO[C@@]12CC[C@H](O)[C@@H](C#C[C@@H](O)C3CCCCC3)[C@@H]1C(C)C21OCCO1. The van der Waals surface area contributed by atoms with Crippen molar-refractivity contribution in [1.29, 1.82) is 0 Å². The normalized spacial score (nSPS) is 42.1. The number of aliphatic hydroxyl groups excluding tert-OH is 2. The molecular weight excluding hydrogens is 344 g/mol. The molecule has 27 heavy (non-hydrogen) atoms. The van der Waals surface area contributed by atoms with Crippen molar-refractivity contribution in [3.05, 3.63) is 0 Å². The molecule has 3 aliphatic carbocycles. The molecule has 1 aliphatic heterocycles. The molecule has 152 valence electrons. The van der Waals surface area contributed by atoms with Crippen molar-refractivity contribution in [1.82, 2.24) is 0 Å². The van der Waals surface area contributed by atoms with Gasteiger partial charge in [0.1, 0.15) is 11.7 Å². The Morgan fingerprint density at radius 2 is 1.85 bits per heavy atom. The maximum atomic E-state index is 10.7. The molecule has 0 amide bonds. The fraction of sp³-hybridized carbons (Fsp3) is 0.909. The molecule has 0 bridgehead atoms. The second-order valence-electron chi connectivity index (χ2n) is 8.76. The van der Waals surface area contributed by atoms with Crippen molar-refractivity contribution >= 4 is 0 Å². The van der Waals surface area contributed by atoms with Gasteiger partial charge in [0, 0.05) is 18.4 Å². The van der Waals surface area contributed by atoms with Crippen LogP contribution in [-0.2, 0) is 14.2 Å². The van der Waals surface area contributed by atoms with E-state index < -0.39 is 23.6 Å². The molecule has 6 atom stereocenters. The Balaban J connectivity index is 1.57. The number of ether oxygens (including phenoxy) is 3. The highest BCUT2D eigenvalue weighted by Crippen LogP contribution is 2.65. The summed E-state index contributed by atoms with van der Waals surface area (Å²) in [6.45, 7) is 5.88. The van der Waals surface area contributed by atoms with E-state index in [4.69, 9.17) is 14.2 Å². The highest BCUT2D eigenvalue weighted by atomic mass is 16.8. The topological polar surface area (TPSA) is 68.2 Å². The number of hydrogen-bond acceptors (Lipinski definition) is 5. The number of rotatable bonds is 3. The molecule has 0 aromatic heterocycles. The van der Waals surface area contributed by atoms with E-state index in [1.807, 2.05) is 6.92 Å². The van der Waals surface area contributed by atoms with E-state index in [-0.39, 0.29) is 23.7 Å². The first-order valence-corrected chi connectivity index (χ1v) is 10.8. The molecule has 0 aromatic carbocycles. The minimum Gasteiger partial charge on any atom is -0.392 e. The van der Waals surface area contributed by atoms with Crippen LogP contribution < -0.4 is 0 Å². The second-order valence-corrected chi connectivity index (χ2v) is 8.76. The van der Waals surface area contributed by atoms with Gasteiger partial charge in [-0.3, -0.25) is 0 Å². The quantitative estimate of drug-likeness (QED) is 0.739. The Morgan fingerprint density at radius 1 is 1.15 bits per heavy atom. The largest absolute Gasteiger partial charge is 0.392 e. The van der Waals surface area contributed by atoms with Crippen molar-refractivity contribution in [2.45, 2.75) is 82.4 Å². The van der Waals surface area contributed by atoms with Gasteiger partial charge in [-0.05, 0) is 38.5 Å². The fourth-order valence-electron chi connectivity index (χ4n) is 6.28. The number of hydrogen-bond donors (Lipinski definition) is 2. The highest BCUT2D eigenvalue weighted by molar-refractivity contribution is 5.27. The van der Waals surface area contributed by atoms with Gasteiger partial charge in [0.2, 0.25) is 5.79 Å². The Morgan fingerprint density at radius 3 is 2.52 bits per heavy atom. The average Bonchev–Trinajstić information content (AvgIpc) is 3.21. The van der Waals surface area contributed by atoms with Crippen LogP contribution in [0.3, 0.4) is 0 Å². The molecule has 5 heteroatoms. The van der Waals surface area contributed by atoms with Crippen molar-refractivity contribution in [3.8, 4) is 11.8 Å². The summed E-state index contributed by atoms with van der Waals surface area (Å²) in [4.78, 5) is 0. The van der Waals surface area contributed by atoms with Gasteiger partial charge in [0.05, 0.1) is 25.2 Å². The van der Waals surface area contributed by atoms with E-state index in [1.165, 1.54) is 19.3 Å². The summed E-state index contributed by atoms with van der Waals surface area (Å²) in [5.41, 5.74) is -0.536. The van der Waals surface area contributed by atoms with Crippen LogP contribution in [0.1, 0.15) is 58.8 Å². The highest BCUT2D eigenvalue weighted by Gasteiger charge is 2.77. The summed E-state index contributed by atoms with van der Waals surface area (Å²) in [7, 11) is 0. The number of fused-ring (bicyclic) bond motifs is 2. The summed E-state index contributed by atoms with van der Waals surface area (Å²) < 4.78 is 18.5. The zero-order valence-corrected chi connectivity index (χ0v) is 16.7. The molecule has 1 heterocycles. The Bertz CT molecular complexity index is 583. The minimum atomic E-state index is -0.699. The fourth-order valence-corrected chi connectivity index (χ4v) is 6.28. The summed E-state index contributed by atoms with van der Waals surface area (Å²) in [5, 5.41) is 21.3. The van der Waals surface area contributed by atoms with Gasteiger partial charge >= 0.3 is 0 Å². The first kappa shape index (κ1) is 19.7.